The van der Waals surface area contributed by atoms with Crippen LogP contribution in [0.4, 0.5) is 0 Å². The lowest BCUT2D eigenvalue weighted by molar-refractivity contribution is 0.783. The Morgan fingerprint density at radius 3 is 2.59 bits per heavy atom. The molecule has 1 aromatic carbocycles. The molecule has 17 heavy (non-hydrogen) atoms. The van der Waals surface area contributed by atoms with Crippen molar-refractivity contribution in [1.29, 1.82) is 0 Å². The Labute approximate surface area is 131 Å². The summed E-state index contributed by atoms with van der Waals surface area (Å²) in [4.78, 5) is 1.41. The van der Waals surface area contributed by atoms with Crippen LogP contribution < -0.4 is 0 Å². The van der Waals surface area contributed by atoms with Crippen molar-refractivity contribution in [3.05, 3.63) is 55.1 Å². The fourth-order valence-corrected chi connectivity index (χ4v) is 4.33. The quantitative estimate of drug-likeness (QED) is 0.514. The monoisotopic (exact) mass is 436 g/mol. The molecule has 0 radical (unpaired) electrons. The van der Waals surface area contributed by atoms with Crippen molar-refractivity contribution in [3.8, 4) is 0 Å². The third kappa shape index (κ3) is 3.66. The highest BCUT2D eigenvalue weighted by atomic mass is 79.9. The maximum atomic E-state index is 3.62. The Morgan fingerprint density at radius 2 is 2.00 bits per heavy atom. The summed E-state index contributed by atoms with van der Waals surface area (Å²) in [6.45, 7) is 0. The summed E-state index contributed by atoms with van der Waals surface area (Å²) in [6.07, 6.45) is 1.07. The van der Waals surface area contributed by atoms with Gasteiger partial charge in [-0.2, -0.15) is 0 Å². The minimum absolute atomic E-state index is 0.516. The first-order chi connectivity index (χ1) is 8.20. The molecule has 0 N–H and O–H groups in total. The second-order valence-electron chi connectivity index (χ2n) is 3.80. The molecular formula is C13H11Br3S. The number of alkyl halides is 1. The Morgan fingerprint density at radius 1 is 1.18 bits per heavy atom. The Hall–Kier alpha value is 0.360. The van der Waals surface area contributed by atoms with Crippen LogP contribution in [0.1, 0.15) is 16.4 Å². The number of thiophene rings is 1. The van der Waals surface area contributed by atoms with Crippen LogP contribution >= 0.6 is 59.1 Å². The lowest BCUT2D eigenvalue weighted by Gasteiger charge is -2.14. The highest BCUT2D eigenvalue weighted by Crippen LogP contribution is 2.31. The molecule has 0 saturated heterocycles. The average Bonchev–Trinajstić information content (AvgIpc) is 2.71. The molecule has 0 aliphatic heterocycles. The normalized spacial score (nSPS) is 12.6. The van der Waals surface area contributed by atoms with Crippen LogP contribution in [0.15, 0.2) is 44.7 Å². The van der Waals surface area contributed by atoms with Crippen molar-refractivity contribution < 1.29 is 0 Å². The summed E-state index contributed by atoms with van der Waals surface area (Å²) in [5.74, 6) is 0.516. The standard InChI is InChI=1S/C13H11Br3S/c14-8-10(7-13-12(16)4-5-17-13)9-2-1-3-11(15)6-9/h1-6,10H,7-8H2. The van der Waals surface area contributed by atoms with Gasteiger partial charge in [0.1, 0.15) is 0 Å². The number of benzene rings is 1. The molecule has 1 heterocycles. The van der Waals surface area contributed by atoms with Crippen LogP contribution in [0.5, 0.6) is 0 Å². The number of rotatable bonds is 4. The molecule has 4 heteroatoms. The fraction of sp³-hybridized carbons (Fsp3) is 0.231. The largest absolute Gasteiger partial charge is 0.148 e. The molecule has 90 valence electrons. The molecule has 2 aromatic rings. The molecule has 0 saturated carbocycles. The summed E-state index contributed by atoms with van der Waals surface area (Å²) in [5, 5.41) is 3.11. The second kappa shape index (κ2) is 6.50. The minimum atomic E-state index is 0.516. The first-order valence-corrected chi connectivity index (χ1v) is 8.82. The van der Waals surface area contributed by atoms with Crippen molar-refractivity contribution in [3.63, 3.8) is 0 Å². The van der Waals surface area contributed by atoms with Gasteiger partial charge >= 0.3 is 0 Å². The van der Waals surface area contributed by atoms with E-state index in [4.69, 9.17) is 0 Å². The first-order valence-electron chi connectivity index (χ1n) is 5.24. The maximum absolute atomic E-state index is 3.62. The summed E-state index contributed by atoms with van der Waals surface area (Å²) < 4.78 is 2.37. The number of hydrogen-bond acceptors (Lipinski definition) is 1. The minimum Gasteiger partial charge on any atom is -0.148 e. The van der Waals surface area contributed by atoms with Crippen LogP contribution in [-0.4, -0.2) is 5.33 Å². The molecule has 0 fully saturated rings. The zero-order valence-corrected chi connectivity index (χ0v) is 14.6. The van der Waals surface area contributed by atoms with Crippen LogP contribution in [0.2, 0.25) is 0 Å². The van der Waals surface area contributed by atoms with Gasteiger partial charge in [0, 0.05) is 19.2 Å². The summed E-state index contributed by atoms with van der Waals surface area (Å²) >= 11 is 12.6. The maximum Gasteiger partial charge on any atom is 0.0314 e. The van der Waals surface area contributed by atoms with Crippen molar-refractivity contribution in [2.75, 3.05) is 5.33 Å². The van der Waals surface area contributed by atoms with Gasteiger partial charge in [0.15, 0.2) is 0 Å². The number of halogens is 3. The van der Waals surface area contributed by atoms with E-state index in [2.05, 4.69) is 83.5 Å². The highest BCUT2D eigenvalue weighted by Gasteiger charge is 2.13. The van der Waals surface area contributed by atoms with Gasteiger partial charge in [-0.1, -0.05) is 44.0 Å². The van der Waals surface area contributed by atoms with Crippen molar-refractivity contribution in [1.82, 2.24) is 0 Å². The zero-order chi connectivity index (χ0) is 12.3. The summed E-state index contributed by atoms with van der Waals surface area (Å²) in [5.41, 5.74) is 1.37. The predicted octanol–water partition coefficient (Wildman–Crippen LogP) is 5.99. The molecule has 0 amide bonds. The van der Waals surface area contributed by atoms with E-state index >= 15 is 0 Å². The summed E-state index contributed by atoms with van der Waals surface area (Å²) in [6, 6.07) is 10.7. The second-order valence-corrected chi connectivity index (χ2v) is 7.22. The lowest BCUT2D eigenvalue weighted by atomic mass is 9.97. The predicted molar refractivity (Wildman–Crippen MR) is 86.4 cm³/mol. The van der Waals surface area contributed by atoms with Crippen LogP contribution in [0, 0.1) is 0 Å². The molecule has 2 rings (SSSR count). The van der Waals surface area contributed by atoms with E-state index in [-0.39, 0.29) is 0 Å². The molecule has 0 aliphatic rings. The molecule has 0 nitrogen and oxygen atoms in total. The number of hydrogen-bond donors (Lipinski definition) is 0. The molecule has 1 unspecified atom stereocenters. The van der Waals surface area contributed by atoms with Gasteiger partial charge in [-0.25, -0.2) is 0 Å². The van der Waals surface area contributed by atoms with Gasteiger partial charge < -0.3 is 0 Å². The van der Waals surface area contributed by atoms with Gasteiger partial charge in [-0.05, 0) is 57.4 Å². The van der Waals surface area contributed by atoms with E-state index in [9.17, 15) is 0 Å². The molecule has 0 spiro atoms. The molecule has 0 bridgehead atoms. The zero-order valence-electron chi connectivity index (χ0n) is 9.00. The van der Waals surface area contributed by atoms with Crippen molar-refractivity contribution in [2.45, 2.75) is 12.3 Å². The van der Waals surface area contributed by atoms with Gasteiger partial charge in [0.05, 0.1) is 0 Å². The van der Waals surface area contributed by atoms with Gasteiger partial charge in [0.2, 0.25) is 0 Å². The lowest BCUT2D eigenvalue weighted by Crippen LogP contribution is -2.03. The van der Waals surface area contributed by atoms with E-state index in [0.717, 1.165) is 16.2 Å². The van der Waals surface area contributed by atoms with E-state index in [1.807, 2.05) is 11.3 Å². The topological polar surface area (TPSA) is 0 Å². The average molecular weight is 439 g/mol. The molecule has 0 aliphatic carbocycles. The molecular weight excluding hydrogens is 428 g/mol. The Kier molecular flexibility index (Phi) is 5.27. The Bertz CT molecular complexity index is 493. The SMILES string of the molecule is BrCC(Cc1sccc1Br)c1cccc(Br)c1. The third-order valence-electron chi connectivity index (χ3n) is 2.63. The third-order valence-corrected chi connectivity index (χ3v) is 5.85. The van der Waals surface area contributed by atoms with Gasteiger partial charge in [-0.3, -0.25) is 0 Å². The van der Waals surface area contributed by atoms with Crippen LogP contribution in [-0.2, 0) is 6.42 Å². The van der Waals surface area contributed by atoms with E-state index in [1.54, 1.807) is 0 Å². The van der Waals surface area contributed by atoms with E-state index in [0.29, 0.717) is 5.92 Å². The molecule has 1 aromatic heterocycles. The van der Waals surface area contributed by atoms with Gasteiger partial charge in [-0.15, -0.1) is 11.3 Å². The van der Waals surface area contributed by atoms with E-state index in [1.165, 1.54) is 14.9 Å². The van der Waals surface area contributed by atoms with Crippen molar-refractivity contribution >= 4 is 59.1 Å². The fourth-order valence-electron chi connectivity index (χ4n) is 1.72. The van der Waals surface area contributed by atoms with E-state index < -0.39 is 0 Å². The smallest absolute Gasteiger partial charge is 0.0314 e. The van der Waals surface area contributed by atoms with Crippen molar-refractivity contribution in [2.24, 2.45) is 0 Å². The van der Waals surface area contributed by atoms with Gasteiger partial charge in [0.25, 0.3) is 0 Å². The van der Waals surface area contributed by atoms with Crippen LogP contribution in [0.25, 0.3) is 0 Å². The molecule has 1 atom stereocenters. The first kappa shape index (κ1) is 13.8. The highest BCUT2D eigenvalue weighted by molar-refractivity contribution is 9.11. The Balaban J connectivity index is 2.20. The van der Waals surface area contributed by atoms with Crippen LogP contribution in [0.3, 0.4) is 0 Å². The summed E-state index contributed by atoms with van der Waals surface area (Å²) in [7, 11) is 0.